The van der Waals surface area contributed by atoms with Gasteiger partial charge >= 0.3 is 0 Å². The van der Waals surface area contributed by atoms with Crippen molar-refractivity contribution in [3.63, 3.8) is 0 Å². The minimum absolute atomic E-state index is 0.252. The number of carbonyl (C=O) groups is 1. The van der Waals surface area contributed by atoms with Gasteiger partial charge in [-0.05, 0) is 28.1 Å². The summed E-state index contributed by atoms with van der Waals surface area (Å²) in [4.78, 5) is 19.5. The molecule has 15 heavy (non-hydrogen) atoms. The van der Waals surface area contributed by atoms with Gasteiger partial charge in [0, 0.05) is 6.20 Å². The third kappa shape index (κ3) is 2.60. The number of rotatable bonds is 2. The van der Waals surface area contributed by atoms with Crippen molar-refractivity contribution in [3.8, 4) is 0 Å². The first-order valence-corrected chi connectivity index (χ1v) is 5.70. The summed E-state index contributed by atoms with van der Waals surface area (Å²) in [5.41, 5.74) is 0.379. The quantitative estimate of drug-likeness (QED) is 0.922. The van der Waals surface area contributed by atoms with E-state index in [0.717, 1.165) is 3.79 Å². The van der Waals surface area contributed by atoms with E-state index >= 15 is 0 Å². The fourth-order valence-corrected chi connectivity index (χ4v) is 2.07. The molecule has 6 heteroatoms. The molecule has 76 valence electrons. The smallest absolute Gasteiger partial charge is 0.276 e. The summed E-state index contributed by atoms with van der Waals surface area (Å²) >= 11 is 4.62. The number of anilines is 1. The molecule has 0 aliphatic carbocycles. The molecule has 1 amide bonds. The largest absolute Gasteiger partial charge is 0.296 e. The average Bonchev–Trinajstić information content (AvgIpc) is 2.65. The van der Waals surface area contributed by atoms with Gasteiger partial charge < -0.3 is 0 Å². The molecule has 4 nitrogen and oxygen atoms in total. The maximum absolute atomic E-state index is 11.6. The van der Waals surface area contributed by atoms with Crippen LogP contribution in [0.1, 0.15) is 10.5 Å². The Morgan fingerprint density at radius 1 is 1.40 bits per heavy atom. The Morgan fingerprint density at radius 2 is 2.27 bits per heavy atom. The van der Waals surface area contributed by atoms with Gasteiger partial charge in [-0.25, -0.2) is 4.98 Å². The van der Waals surface area contributed by atoms with Gasteiger partial charge in [-0.3, -0.25) is 15.1 Å². The Bertz CT molecular complexity index is 471. The molecule has 2 aromatic heterocycles. The van der Waals surface area contributed by atoms with E-state index in [0.29, 0.717) is 10.8 Å². The van der Waals surface area contributed by atoms with Crippen LogP contribution in [0.5, 0.6) is 0 Å². The summed E-state index contributed by atoms with van der Waals surface area (Å²) in [6.45, 7) is 0. The molecule has 0 unspecified atom stereocenters. The number of hydrogen-bond acceptors (Lipinski definition) is 4. The molecule has 0 bridgehead atoms. The summed E-state index contributed by atoms with van der Waals surface area (Å²) in [6.07, 6.45) is 3.21. The van der Waals surface area contributed by atoms with E-state index < -0.39 is 0 Å². The molecular weight excluding hydrogens is 278 g/mol. The van der Waals surface area contributed by atoms with Crippen LogP contribution >= 0.6 is 27.3 Å². The van der Waals surface area contributed by atoms with E-state index in [2.05, 4.69) is 31.2 Å². The number of thiazole rings is 1. The van der Waals surface area contributed by atoms with Crippen molar-refractivity contribution >= 4 is 38.3 Å². The van der Waals surface area contributed by atoms with Gasteiger partial charge in [-0.2, -0.15) is 0 Å². The molecule has 2 rings (SSSR count). The predicted molar refractivity (Wildman–Crippen MR) is 62.0 cm³/mol. The van der Waals surface area contributed by atoms with E-state index in [1.54, 1.807) is 30.6 Å². The average molecular weight is 284 g/mol. The maximum Gasteiger partial charge on any atom is 0.276 e. The lowest BCUT2D eigenvalue weighted by atomic mass is 10.3. The van der Waals surface area contributed by atoms with Crippen LogP contribution in [0.25, 0.3) is 0 Å². The van der Waals surface area contributed by atoms with Gasteiger partial charge in [-0.1, -0.05) is 17.4 Å². The first-order valence-electron chi connectivity index (χ1n) is 4.09. The fraction of sp³-hybridized carbons (Fsp3) is 0. The number of nitrogens with zero attached hydrogens (tertiary/aromatic N) is 2. The molecule has 0 saturated carbocycles. The molecule has 2 heterocycles. The van der Waals surface area contributed by atoms with Gasteiger partial charge in [-0.15, -0.1) is 0 Å². The number of carbonyl (C=O) groups excluding carboxylic acids is 1. The van der Waals surface area contributed by atoms with Gasteiger partial charge in [0.15, 0.2) is 5.13 Å². The zero-order valence-electron chi connectivity index (χ0n) is 7.48. The second-order valence-electron chi connectivity index (χ2n) is 2.64. The molecular formula is C9H6BrN3OS. The van der Waals surface area contributed by atoms with Crippen LogP contribution in [-0.2, 0) is 0 Å². The summed E-state index contributed by atoms with van der Waals surface area (Å²) in [7, 11) is 0. The lowest BCUT2D eigenvalue weighted by Gasteiger charge is -1.99. The fourth-order valence-electron chi connectivity index (χ4n) is 0.970. The highest BCUT2D eigenvalue weighted by molar-refractivity contribution is 9.11. The van der Waals surface area contributed by atoms with E-state index in [9.17, 15) is 4.79 Å². The zero-order valence-corrected chi connectivity index (χ0v) is 9.88. The van der Waals surface area contributed by atoms with Gasteiger partial charge in [0.05, 0.1) is 9.98 Å². The van der Waals surface area contributed by atoms with Gasteiger partial charge in [0.1, 0.15) is 5.69 Å². The van der Waals surface area contributed by atoms with Crippen molar-refractivity contribution < 1.29 is 4.79 Å². The van der Waals surface area contributed by atoms with Crippen LogP contribution in [-0.4, -0.2) is 15.9 Å². The van der Waals surface area contributed by atoms with Crippen LogP contribution in [0.4, 0.5) is 5.13 Å². The Labute approximate surface area is 98.5 Å². The maximum atomic E-state index is 11.6. The molecule has 0 radical (unpaired) electrons. The van der Waals surface area contributed by atoms with Crippen LogP contribution in [0.3, 0.4) is 0 Å². The van der Waals surface area contributed by atoms with E-state index in [1.165, 1.54) is 11.3 Å². The number of pyridine rings is 1. The van der Waals surface area contributed by atoms with Crippen LogP contribution < -0.4 is 5.32 Å². The molecule has 0 aromatic carbocycles. The topological polar surface area (TPSA) is 54.9 Å². The molecule has 0 aliphatic rings. The zero-order chi connectivity index (χ0) is 10.7. The molecule has 0 fully saturated rings. The molecule has 0 spiro atoms. The van der Waals surface area contributed by atoms with Crippen molar-refractivity contribution in [1.82, 2.24) is 9.97 Å². The summed E-state index contributed by atoms with van der Waals surface area (Å²) in [5.74, 6) is -0.252. The molecule has 0 saturated heterocycles. The first-order chi connectivity index (χ1) is 7.25. The Hall–Kier alpha value is -1.27. The Balaban J connectivity index is 2.11. The van der Waals surface area contributed by atoms with E-state index in [-0.39, 0.29) is 5.91 Å². The second kappa shape index (κ2) is 4.50. The number of aromatic nitrogens is 2. The third-order valence-corrected chi connectivity index (χ3v) is 2.99. The predicted octanol–water partition coefficient (Wildman–Crippen LogP) is 2.55. The number of hydrogen-bond donors (Lipinski definition) is 1. The molecule has 2 aromatic rings. The number of halogens is 1. The second-order valence-corrected chi connectivity index (χ2v) is 5.05. The highest BCUT2D eigenvalue weighted by atomic mass is 79.9. The monoisotopic (exact) mass is 283 g/mol. The first kappa shape index (κ1) is 10.3. The summed E-state index contributed by atoms with van der Waals surface area (Å²) in [6, 6.07) is 5.18. The number of amides is 1. The van der Waals surface area contributed by atoms with Crippen molar-refractivity contribution in [2.45, 2.75) is 0 Å². The normalized spacial score (nSPS) is 9.93. The lowest BCUT2D eigenvalue weighted by molar-refractivity contribution is 0.102. The Kier molecular flexibility index (Phi) is 3.08. The van der Waals surface area contributed by atoms with Crippen molar-refractivity contribution in [2.75, 3.05) is 5.32 Å². The number of nitrogens with one attached hydrogen (secondary N) is 1. The molecule has 0 aliphatic heterocycles. The highest BCUT2D eigenvalue weighted by Gasteiger charge is 2.08. The van der Waals surface area contributed by atoms with Crippen LogP contribution in [0.15, 0.2) is 34.4 Å². The van der Waals surface area contributed by atoms with E-state index in [4.69, 9.17) is 0 Å². The van der Waals surface area contributed by atoms with Crippen molar-refractivity contribution in [3.05, 3.63) is 40.1 Å². The van der Waals surface area contributed by atoms with Crippen molar-refractivity contribution in [2.24, 2.45) is 0 Å². The third-order valence-electron chi connectivity index (χ3n) is 1.60. The van der Waals surface area contributed by atoms with Gasteiger partial charge in [0.25, 0.3) is 5.91 Å². The summed E-state index contributed by atoms with van der Waals surface area (Å²) < 4.78 is 0.874. The molecule has 0 atom stereocenters. The minimum atomic E-state index is -0.252. The SMILES string of the molecule is O=C(Nc1ncc(Br)s1)c1ccccn1. The van der Waals surface area contributed by atoms with Crippen LogP contribution in [0, 0.1) is 0 Å². The van der Waals surface area contributed by atoms with E-state index in [1.807, 2.05) is 0 Å². The van der Waals surface area contributed by atoms with Crippen LogP contribution in [0.2, 0.25) is 0 Å². The standard InChI is InChI=1S/C9H6BrN3OS/c10-7-5-12-9(15-7)13-8(14)6-3-1-2-4-11-6/h1-5H,(H,12,13,14). The summed E-state index contributed by atoms with van der Waals surface area (Å²) in [5, 5.41) is 3.21. The highest BCUT2D eigenvalue weighted by Crippen LogP contribution is 2.23. The van der Waals surface area contributed by atoms with Gasteiger partial charge in [0.2, 0.25) is 0 Å². The lowest BCUT2D eigenvalue weighted by Crippen LogP contribution is -2.12. The Morgan fingerprint density at radius 3 is 2.87 bits per heavy atom. The minimum Gasteiger partial charge on any atom is -0.296 e. The molecule has 1 N–H and O–H groups in total. The van der Waals surface area contributed by atoms with Crippen molar-refractivity contribution in [1.29, 1.82) is 0 Å².